The summed E-state index contributed by atoms with van der Waals surface area (Å²) in [5, 5.41) is 3.07. The minimum atomic E-state index is -2.81. The summed E-state index contributed by atoms with van der Waals surface area (Å²) in [5.41, 5.74) is 0. The molecule has 98 valence electrons. The van der Waals surface area contributed by atoms with Crippen molar-refractivity contribution in [2.75, 3.05) is 26.3 Å². The normalized spacial score (nSPS) is 37.0. The van der Waals surface area contributed by atoms with E-state index in [9.17, 15) is 13.6 Å². The van der Waals surface area contributed by atoms with Gasteiger partial charge in [0.1, 0.15) is 5.78 Å². The molecule has 3 saturated heterocycles. The molecule has 0 radical (unpaired) electrons. The third-order valence-corrected chi connectivity index (χ3v) is 3.74. The molecule has 0 aromatic heterocycles. The number of fused-ring (bicyclic) bond motifs is 6. The van der Waals surface area contributed by atoms with E-state index >= 15 is 0 Å². The molecule has 3 heterocycles. The van der Waals surface area contributed by atoms with Crippen LogP contribution >= 0.6 is 0 Å². The number of nitrogens with one attached hydrogen (secondary N) is 1. The number of ketones is 1. The van der Waals surface area contributed by atoms with E-state index in [2.05, 4.69) is 5.32 Å². The van der Waals surface area contributed by atoms with Crippen LogP contribution in [0.1, 0.15) is 19.8 Å². The van der Waals surface area contributed by atoms with Gasteiger partial charge in [0, 0.05) is 25.4 Å². The summed E-state index contributed by atoms with van der Waals surface area (Å²) in [6, 6.07) is 0. The van der Waals surface area contributed by atoms with Gasteiger partial charge in [-0.15, -0.1) is 0 Å². The third-order valence-electron chi connectivity index (χ3n) is 3.74. The lowest BCUT2D eigenvalue weighted by atomic mass is 9.78. The van der Waals surface area contributed by atoms with Gasteiger partial charge in [0.2, 0.25) is 0 Å². The maximum atomic E-state index is 14.3. The largest absolute Gasteiger partial charge is 0.381 e. The van der Waals surface area contributed by atoms with Crippen molar-refractivity contribution in [3.8, 4) is 0 Å². The minimum absolute atomic E-state index is 0.0139. The molecule has 0 amide bonds. The van der Waals surface area contributed by atoms with Crippen molar-refractivity contribution < 1.29 is 18.3 Å². The van der Waals surface area contributed by atoms with Gasteiger partial charge in [-0.05, 0) is 19.3 Å². The first-order valence-electron chi connectivity index (χ1n) is 6.16. The van der Waals surface area contributed by atoms with Crippen LogP contribution < -0.4 is 5.32 Å². The summed E-state index contributed by atoms with van der Waals surface area (Å²) >= 11 is 0. The van der Waals surface area contributed by atoms with E-state index in [1.807, 2.05) is 0 Å². The van der Waals surface area contributed by atoms with Crippen LogP contribution in [0.15, 0.2) is 0 Å². The van der Waals surface area contributed by atoms with Crippen LogP contribution in [0, 0.1) is 17.8 Å². The van der Waals surface area contributed by atoms with Gasteiger partial charge < -0.3 is 14.8 Å². The lowest BCUT2D eigenvalue weighted by Crippen LogP contribution is -2.51. The molecule has 3 nitrogen and oxygen atoms in total. The van der Waals surface area contributed by atoms with Gasteiger partial charge in [0.25, 0.3) is 5.92 Å². The van der Waals surface area contributed by atoms with Crippen molar-refractivity contribution in [3.05, 3.63) is 0 Å². The number of rotatable bonds is 2. The SMILES string of the molecule is CC(=O)C[C@@H]1CC2CNCC(COC2)C1(F)F. The van der Waals surface area contributed by atoms with Crippen LogP contribution in [0.4, 0.5) is 8.78 Å². The summed E-state index contributed by atoms with van der Waals surface area (Å²) in [6.45, 7) is 2.98. The maximum Gasteiger partial charge on any atom is 0.257 e. The zero-order valence-electron chi connectivity index (χ0n) is 10.0. The fraction of sp³-hybridized carbons (Fsp3) is 0.917. The van der Waals surface area contributed by atoms with Crippen LogP contribution in [-0.4, -0.2) is 38.0 Å². The first-order valence-corrected chi connectivity index (χ1v) is 6.16. The van der Waals surface area contributed by atoms with Crippen LogP contribution in [-0.2, 0) is 9.53 Å². The first kappa shape index (κ1) is 12.9. The Balaban J connectivity index is 2.20. The van der Waals surface area contributed by atoms with Crippen molar-refractivity contribution in [2.45, 2.75) is 25.7 Å². The summed E-state index contributed by atoms with van der Waals surface area (Å²) < 4.78 is 33.9. The molecule has 2 unspecified atom stereocenters. The highest BCUT2D eigenvalue weighted by Gasteiger charge is 2.49. The number of hydrogen-bond acceptors (Lipinski definition) is 3. The van der Waals surface area contributed by atoms with Crippen LogP contribution in [0.3, 0.4) is 0 Å². The standard InChI is InChI=1S/C12H19F2NO2/c1-8(16)2-10-3-9-4-15-5-11(7-17-6-9)12(10,13)14/h9-11,15H,2-7H2,1H3/t9?,10-,11?/m1/s1. The van der Waals surface area contributed by atoms with E-state index in [0.717, 1.165) is 0 Å². The predicted molar refractivity (Wildman–Crippen MR) is 59.0 cm³/mol. The molecule has 3 rings (SSSR count). The molecule has 3 aliphatic heterocycles. The topological polar surface area (TPSA) is 38.3 Å². The van der Waals surface area contributed by atoms with Crippen molar-refractivity contribution in [3.63, 3.8) is 0 Å². The summed E-state index contributed by atoms with van der Waals surface area (Å²) in [7, 11) is 0. The van der Waals surface area contributed by atoms with Crippen molar-refractivity contribution in [1.82, 2.24) is 5.32 Å². The Morgan fingerprint density at radius 2 is 2.18 bits per heavy atom. The number of carbonyl (C=O) groups excluding carboxylic acids is 1. The molecule has 3 atom stereocenters. The molecule has 0 saturated carbocycles. The van der Waals surface area contributed by atoms with Gasteiger partial charge in [0.05, 0.1) is 19.1 Å². The predicted octanol–water partition coefficient (Wildman–Crippen LogP) is 1.47. The van der Waals surface area contributed by atoms with E-state index in [0.29, 0.717) is 19.6 Å². The molecular weight excluding hydrogens is 228 g/mol. The zero-order valence-corrected chi connectivity index (χ0v) is 10.0. The first-order chi connectivity index (χ1) is 8.00. The Bertz CT molecular complexity index is 286. The molecule has 0 aliphatic carbocycles. The second kappa shape index (κ2) is 4.98. The highest BCUT2D eigenvalue weighted by Crippen LogP contribution is 2.41. The molecule has 0 aromatic rings. The average molecular weight is 247 g/mol. The Morgan fingerprint density at radius 3 is 2.88 bits per heavy atom. The van der Waals surface area contributed by atoms with Gasteiger partial charge in [0.15, 0.2) is 0 Å². The van der Waals surface area contributed by atoms with E-state index in [-0.39, 0.29) is 31.3 Å². The highest BCUT2D eigenvalue weighted by molar-refractivity contribution is 5.75. The molecule has 17 heavy (non-hydrogen) atoms. The van der Waals surface area contributed by atoms with E-state index in [4.69, 9.17) is 4.74 Å². The van der Waals surface area contributed by atoms with Gasteiger partial charge in [-0.1, -0.05) is 0 Å². The summed E-state index contributed by atoms with van der Waals surface area (Å²) in [5.74, 6) is -4.50. The third kappa shape index (κ3) is 2.83. The number of Topliss-reactive ketones (excluding diaryl/α,β-unsaturated/α-hetero) is 1. The van der Waals surface area contributed by atoms with E-state index in [1.165, 1.54) is 6.92 Å². The van der Waals surface area contributed by atoms with Gasteiger partial charge in [-0.25, -0.2) is 8.78 Å². The second-order valence-electron chi connectivity index (χ2n) is 5.27. The Hall–Kier alpha value is -0.550. The summed E-state index contributed by atoms with van der Waals surface area (Å²) in [4.78, 5) is 11.1. The quantitative estimate of drug-likeness (QED) is 0.803. The number of ether oxygens (including phenoxy) is 1. The van der Waals surface area contributed by atoms with E-state index < -0.39 is 17.8 Å². The van der Waals surface area contributed by atoms with Gasteiger partial charge in [-0.3, -0.25) is 0 Å². The van der Waals surface area contributed by atoms with Crippen LogP contribution in [0.25, 0.3) is 0 Å². The second-order valence-corrected chi connectivity index (χ2v) is 5.27. The molecule has 0 spiro atoms. The maximum absolute atomic E-state index is 14.3. The monoisotopic (exact) mass is 247 g/mol. The van der Waals surface area contributed by atoms with Crippen molar-refractivity contribution in [2.24, 2.45) is 17.8 Å². The fourth-order valence-electron chi connectivity index (χ4n) is 2.81. The van der Waals surface area contributed by atoms with Crippen LogP contribution in [0.2, 0.25) is 0 Å². The smallest absolute Gasteiger partial charge is 0.257 e. The highest BCUT2D eigenvalue weighted by atomic mass is 19.3. The lowest BCUT2D eigenvalue weighted by Gasteiger charge is -2.40. The molecule has 3 aliphatic rings. The molecule has 1 N–H and O–H groups in total. The number of carbonyl (C=O) groups is 1. The van der Waals surface area contributed by atoms with Gasteiger partial charge >= 0.3 is 0 Å². The molecule has 3 fully saturated rings. The Labute approximate surface area is 99.9 Å². The minimum Gasteiger partial charge on any atom is -0.381 e. The zero-order chi connectivity index (χ0) is 12.5. The number of halogens is 2. The lowest BCUT2D eigenvalue weighted by molar-refractivity contribution is -0.162. The van der Waals surface area contributed by atoms with Gasteiger partial charge in [-0.2, -0.15) is 0 Å². The van der Waals surface area contributed by atoms with Crippen molar-refractivity contribution in [1.29, 1.82) is 0 Å². The fourth-order valence-corrected chi connectivity index (χ4v) is 2.81. The van der Waals surface area contributed by atoms with E-state index in [1.54, 1.807) is 0 Å². The Kier molecular flexibility index (Phi) is 3.78. The Morgan fingerprint density at radius 1 is 1.41 bits per heavy atom. The molecule has 0 aromatic carbocycles. The van der Waals surface area contributed by atoms with Crippen LogP contribution in [0.5, 0.6) is 0 Å². The van der Waals surface area contributed by atoms with Crippen molar-refractivity contribution >= 4 is 5.78 Å². The number of hydrogen-bond donors (Lipinski definition) is 1. The summed E-state index contributed by atoms with van der Waals surface area (Å²) in [6.07, 6.45) is 0.357. The molecule has 5 heteroatoms. The number of alkyl halides is 2. The average Bonchev–Trinajstić information content (AvgIpc) is 2.17. The molecule has 2 bridgehead atoms. The molecular formula is C12H19F2NO2.